The molecule has 0 bridgehead atoms. The fourth-order valence-electron chi connectivity index (χ4n) is 2.74. The molecule has 1 aliphatic heterocycles. The molecule has 0 saturated carbocycles. The maximum absolute atomic E-state index is 12.3. The van der Waals surface area contributed by atoms with Crippen LogP contribution in [0, 0.1) is 0 Å². The zero-order valence-electron chi connectivity index (χ0n) is 14.0. The number of fused-ring (bicyclic) bond motifs is 1. The smallest absolute Gasteiger partial charge is 0.354 e. The Bertz CT molecular complexity index is 747. The van der Waals surface area contributed by atoms with Crippen LogP contribution >= 0.6 is 0 Å². The van der Waals surface area contributed by atoms with Gasteiger partial charge in [0.15, 0.2) is 0 Å². The van der Waals surface area contributed by atoms with Crippen molar-refractivity contribution in [2.45, 2.75) is 6.92 Å². The van der Waals surface area contributed by atoms with Gasteiger partial charge < -0.3 is 24.8 Å². The van der Waals surface area contributed by atoms with Gasteiger partial charge in [-0.05, 0) is 38.2 Å². The molecule has 1 saturated heterocycles. The van der Waals surface area contributed by atoms with Gasteiger partial charge in [-0.3, -0.25) is 0 Å². The van der Waals surface area contributed by atoms with Gasteiger partial charge in [0.1, 0.15) is 5.69 Å². The second-order valence-corrected chi connectivity index (χ2v) is 5.93. The van der Waals surface area contributed by atoms with E-state index in [2.05, 4.69) is 22.2 Å². The normalized spacial score (nSPS) is 15.5. The van der Waals surface area contributed by atoms with E-state index in [0.717, 1.165) is 37.1 Å². The number of anilines is 1. The summed E-state index contributed by atoms with van der Waals surface area (Å²) in [5.74, 6) is -0.378. The first-order valence-electron chi connectivity index (χ1n) is 8.11. The first kappa shape index (κ1) is 16.3. The van der Waals surface area contributed by atoms with Gasteiger partial charge in [0.05, 0.1) is 6.61 Å². The lowest BCUT2D eigenvalue weighted by molar-refractivity contribution is 0.0520. The maximum Gasteiger partial charge on any atom is 0.354 e. The van der Waals surface area contributed by atoms with Gasteiger partial charge in [-0.2, -0.15) is 0 Å². The van der Waals surface area contributed by atoms with Gasteiger partial charge in [-0.25, -0.2) is 9.59 Å². The van der Waals surface area contributed by atoms with E-state index < -0.39 is 0 Å². The molecule has 2 amide bonds. The first-order chi connectivity index (χ1) is 11.6. The van der Waals surface area contributed by atoms with Crippen molar-refractivity contribution < 1.29 is 14.3 Å². The predicted octanol–water partition coefficient (Wildman–Crippen LogP) is 2.12. The van der Waals surface area contributed by atoms with E-state index in [1.807, 2.05) is 23.1 Å². The molecule has 0 spiro atoms. The number of aromatic nitrogens is 1. The number of rotatable bonds is 3. The molecule has 2 heterocycles. The average Bonchev–Trinajstić information content (AvgIpc) is 2.99. The van der Waals surface area contributed by atoms with Crippen LogP contribution in [0.15, 0.2) is 24.3 Å². The monoisotopic (exact) mass is 330 g/mol. The number of piperazine rings is 1. The molecule has 128 valence electrons. The quantitative estimate of drug-likeness (QED) is 0.845. The Kier molecular flexibility index (Phi) is 4.71. The van der Waals surface area contributed by atoms with Gasteiger partial charge >= 0.3 is 12.0 Å². The third-order valence-electron chi connectivity index (χ3n) is 4.16. The highest BCUT2D eigenvalue weighted by atomic mass is 16.5. The molecule has 0 radical (unpaired) electrons. The SMILES string of the molecule is CCOC(=O)c1cc2cc(NC(=O)N3CCN(C)CC3)ccc2[nH]1. The summed E-state index contributed by atoms with van der Waals surface area (Å²) in [6.45, 7) is 5.32. The van der Waals surface area contributed by atoms with Gasteiger partial charge in [0.25, 0.3) is 0 Å². The molecule has 7 heteroatoms. The molecule has 0 unspecified atom stereocenters. The highest BCUT2D eigenvalue weighted by Crippen LogP contribution is 2.21. The molecule has 7 nitrogen and oxygen atoms in total. The summed E-state index contributed by atoms with van der Waals surface area (Å²) in [5.41, 5.74) is 1.95. The second-order valence-electron chi connectivity index (χ2n) is 5.93. The lowest BCUT2D eigenvalue weighted by Gasteiger charge is -2.32. The number of urea groups is 1. The highest BCUT2D eigenvalue weighted by Gasteiger charge is 2.19. The highest BCUT2D eigenvalue weighted by molar-refractivity contribution is 5.97. The summed E-state index contributed by atoms with van der Waals surface area (Å²) in [7, 11) is 2.05. The molecular weight excluding hydrogens is 308 g/mol. The lowest BCUT2D eigenvalue weighted by atomic mass is 10.2. The molecular formula is C17H22N4O3. The fourth-order valence-corrected chi connectivity index (χ4v) is 2.74. The topological polar surface area (TPSA) is 77.7 Å². The van der Waals surface area contributed by atoms with Crippen LogP contribution in [0.2, 0.25) is 0 Å². The number of esters is 1. The van der Waals surface area contributed by atoms with Crippen LogP contribution in [0.3, 0.4) is 0 Å². The number of H-pyrrole nitrogens is 1. The predicted molar refractivity (Wildman–Crippen MR) is 92.3 cm³/mol. The van der Waals surface area contributed by atoms with E-state index in [1.165, 1.54) is 0 Å². The summed E-state index contributed by atoms with van der Waals surface area (Å²) < 4.78 is 4.99. The summed E-state index contributed by atoms with van der Waals surface area (Å²) in [6.07, 6.45) is 0. The molecule has 24 heavy (non-hydrogen) atoms. The van der Waals surface area contributed by atoms with Crippen LogP contribution in [0.1, 0.15) is 17.4 Å². The Labute approximate surface area is 140 Å². The number of carbonyl (C=O) groups excluding carboxylic acids is 2. The van der Waals surface area contributed by atoms with E-state index in [-0.39, 0.29) is 12.0 Å². The molecule has 1 aliphatic rings. The second kappa shape index (κ2) is 6.92. The van der Waals surface area contributed by atoms with E-state index in [0.29, 0.717) is 18.0 Å². The summed E-state index contributed by atoms with van der Waals surface area (Å²) in [5, 5.41) is 3.78. The van der Waals surface area contributed by atoms with Crippen molar-refractivity contribution in [3.8, 4) is 0 Å². The number of nitrogens with one attached hydrogen (secondary N) is 2. The molecule has 2 N–H and O–H groups in total. The minimum absolute atomic E-state index is 0.0939. The Morgan fingerprint density at radius 1 is 1.21 bits per heavy atom. The molecule has 2 aromatic rings. The van der Waals surface area contributed by atoms with Gasteiger partial charge in [0, 0.05) is 42.8 Å². The fraction of sp³-hybridized carbons (Fsp3) is 0.412. The number of nitrogens with zero attached hydrogens (tertiary/aromatic N) is 2. The largest absolute Gasteiger partial charge is 0.461 e. The molecule has 0 aliphatic carbocycles. The van der Waals surface area contributed by atoms with E-state index in [9.17, 15) is 9.59 Å². The van der Waals surface area contributed by atoms with Crippen molar-refractivity contribution in [3.63, 3.8) is 0 Å². The van der Waals surface area contributed by atoms with Gasteiger partial charge in [0.2, 0.25) is 0 Å². The third-order valence-corrected chi connectivity index (χ3v) is 4.16. The minimum atomic E-state index is -0.378. The number of hydrogen-bond acceptors (Lipinski definition) is 4. The summed E-state index contributed by atoms with van der Waals surface area (Å²) >= 11 is 0. The average molecular weight is 330 g/mol. The standard InChI is InChI=1S/C17H22N4O3/c1-3-24-16(22)15-11-12-10-13(4-5-14(12)19-15)18-17(23)21-8-6-20(2)7-9-21/h4-5,10-11,19H,3,6-9H2,1-2H3,(H,18,23). The van der Waals surface area contributed by atoms with Crippen molar-refractivity contribution in [1.82, 2.24) is 14.8 Å². The summed E-state index contributed by atoms with van der Waals surface area (Å²) in [6, 6.07) is 7.16. The van der Waals surface area contributed by atoms with E-state index in [4.69, 9.17) is 4.74 Å². The molecule has 1 aromatic carbocycles. The van der Waals surface area contributed by atoms with Crippen LogP contribution in [0.25, 0.3) is 10.9 Å². The maximum atomic E-state index is 12.3. The molecule has 0 atom stereocenters. The molecule has 3 rings (SSSR count). The van der Waals surface area contributed by atoms with Gasteiger partial charge in [-0.1, -0.05) is 0 Å². The number of hydrogen-bond donors (Lipinski definition) is 2. The van der Waals surface area contributed by atoms with Crippen LogP contribution in [0.4, 0.5) is 10.5 Å². The van der Waals surface area contributed by atoms with Crippen molar-refractivity contribution in [2.24, 2.45) is 0 Å². The van der Waals surface area contributed by atoms with Crippen molar-refractivity contribution >= 4 is 28.6 Å². The zero-order chi connectivity index (χ0) is 17.1. The first-order valence-corrected chi connectivity index (χ1v) is 8.11. The van der Waals surface area contributed by atoms with Gasteiger partial charge in [-0.15, -0.1) is 0 Å². The minimum Gasteiger partial charge on any atom is -0.461 e. The number of benzene rings is 1. The van der Waals surface area contributed by atoms with E-state index >= 15 is 0 Å². The Balaban J connectivity index is 1.71. The number of amides is 2. The van der Waals surface area contributed by atoms with Crippen LogP contribution < -0.4 is 5.32 Å². The number of carbonyl (C=O) groups is 2. The van der Waals surface area contributed by atoms with Crippen molar-refractivity contribution in [2.75, 3.05) is 45.2 Å². The number of ether oxygens (including phenoxy) is 1. The third kappa shape index (κ3) is 3.51. The zero-order valence-corrected chi connectivity index (χ0v) is 14.0. The number of aromatic amines is 1. The van der Waals surface area contributed by atoms with Crippen molar-refractivity contribution in [3.05, 3.63) is 30.0 Å². The Hall–Kier alpha value is -2.54. The summed E-state index contributed by atoms with van der Waals surface area (Å²) in [4.78, 5) is 31.1. The van der Waals surface area contributed by atoms with E-state index in [1.54, 1.807) is 13.0 Å². The molecule has 1 fully saturated rings. The van der Waals surface area contributed by atoms with Crippen LogP contribution in [0.5, 0.6) is 0 Å². The number of likely N-dealkylation sites (N-methyl/N-ethyl adjacent to an activating group) is 1. The van der Waals surface area contributed by atoms with Crippen LogP contribution in [-0.2, 0) is 4.74 Å². The lowest BCUT2D eigenvalue weighted by Crippen LogP contribution is -2.48. The van der Waals surface area contributed by atoms with Crippen molar-refractivity contribution in [1.29, 1.82) is 0 Å². The molecule has 1 aromatic heterocycles. The van der Waals surface area contributed by atoms with Crippen LogP contribution in [-0.4, -0.2) is 66.6 Å². The Morgan fingerprint density at radius 3 is 2.67 bits per heavy atom. The Morgan fingerprint density at radius 2 is 1.96 bits per heavy atom.